The summed E-state index contributed by atoms with van der Waals surface area (Å²) < 4.78 is 9.89. The highest BCUT2D eigenvalue weighted by Crippen LogP contribution is 2.61. The summed E-state index contributed by atoms with van der Waals surface area (Å²) in [5.74, 6) is 16.5. The minimum atomic E-state index is 0. The van der Waals surface area contributed by atoms with Gasteiger partial charge in [-0.2, -0.15) is 0 Å². The summed E-state index contributed by atoms with van der Waals surface area (Å²) in [5.41, 5.74) is 36.8. The molecule has 0 amide bonds. The summed E-state index contributed by atoms with van der Waals surface area (Å²) in [6, 6.07) is 0. The molecule has 90 heavy (non-hydrogen) atoms. The third kappa shape index (κ3) is 13.7. The second-order valence-electron chi connectivity index (χ2n) is 32.4. The normalized spacial score (nSPS) is 36.6. The first-order valence-electron chi connectivity index (χ1n) is 36.7. The predicted octanol–water partition coefficient (Wildman–Crippen LogP) is 25.6. The Hall–Kier alpha value is -3.46. The molecule has 2 heterocycles. The van der Waals surface area contributed by atoms with Gasteiger partial charge in [0, 0.05) is 26.4 Å². The van der Waals surface area contributed by atoms with Crippen molar-refractivity contribution in [1.82, 2.24) is 0 Å². The first kappa shape index (κ1) is 75.6. The van der Waals surface area contributed by atoms with Gasteiger partial charge in [0.1, 0.15) is 0 Å². The Labute approximate surface area is 558 Å². The zero-order chi connectivity index (χ0) is 66.6. The predicted molar refractivity (Wildman–Crippen MR) is 398 cm³/mol. The van der Waals surface area contributed by atoms with Crippen LogP contribution in [0.25, 0.3) is 11.1 Å². The maximum Gasteiger partial charge on any atom is 0.0466 e. The lowest BCUT2D eigenvalue weighted by molar-refractivity contribution is 0.198. The molecule has 0 aromatic heterocycles. The van der Waals surface area contributed by atoms with Gasteiger partial charge in [-0.15, -0.1) is 0 Å². The third-order valence-electron chi connectivity index (χ3n) is 29.5. The summed E-state index contributed by atoms with van der Waals surface area (Å²) in [6.07, 6.45) is 10.6. The van der Waals surface area contributed by atoms with Gasteiger partial charge in [0.15, 0.2) is 0 Å². The van der Waals surface area contributed by atoms with Crippen LogP contribution in [0.2, 0.25) is 0 Å². The van der Waals surface area contributed by atoms with E-state index in [0.29, 0.717) is 0 Å². The molecule has 2 nitrogen and oxygen atoms in total. The molecule has 1 aromatic carbocycles. The molecule has 12 rings (SSSR count). The Kier molecular flexibility index (Phi) is 25.6. The van der Waals surface area contributed by atoms with Gasteiger partial charge in [-0.25, -0.2) is 0 Å². The number of hydrogen-bond acceptors (Lipinski definition) is 2. The van der Waals surface area contributed by atoms with Gasteiger partial charge in [-0.05, 0) is 391 Å². The van der Waals surface area contributed by atoms with Crippen molar-refractivity contribution in [2.45, 2.75) is 261 Å². The van der Waals surface area contributed by atoms with Gasteiger partial charge in [-0.3, -0.25) is 0 Å². The van der Waals surface area contributed by atoms with Crippen LogP contribution >= 0.6 is 0 Å². The van der Waals surface area contributed by atoms with Crippen LogP contribution in [0.3, 0.4) is 0 Å². The van der Waals surface area contributed by atoms with Gasteiger partial charge < -0.3 is 9.47 Å². The molecule has 0 N–H and O–H groups in total. The summed E-state index contributed by atoms with van der Waals surface area (Å²) >= 11 is 0. The Balaban J connectivity index is 0.000000188. The molecule has 0 bridgehead atoms. The highest BCUT2D eigenvalue weighted by molar-refractivity contribution is 6.00. The first-order valence-corrected chi connectivity index (χ1v) is 36.7. The maximum atomic E-state index is 4.94. The number of hydrogen-bond donors (Lipinski definition) is 0. The van der Waals surface area contributed by atoms with E-state index in [1.807, 2.05) is 0 Å². The van der Waals surface area contributed by atoms with Crippen LogP contribution < -0.4 is 0 Å². The Morgan fingerprint density at radius 3 is 0.922 bits per heavy atom. The largest absolute Gasteiger partial charge is 0.381 e. The molecule has 6 fully saturated rings. The van der Waals surface area contributed by atoms with Gasteiger partial charge in [0.05, 0.1) is 0 Å². The van der Waals surface area contributed by atoms with Crippen molar-refractivity contribution < 1.29 is 9.47 Å². The standard InChI is InChI=1S/C31H48.2C16H26.C16H20.2C4H8O.CH4/c1-15-14-28-26(19(5)24(10)29(28)21(7)16(15)2)12-13-27-20(6)25(11)30-22(8)17(3)18(4)23(9)31(27)30;3*1-8-9(2)12(5)16-14(7)10(3)13(6)15(16)11(8)4;2*1-2-4-5-3-1;/h14,19-20,24-31H,12-13H2,1-11H3;2*10,13-16H,1-7H3;6H2,1-5,7H3;2*1-4H2;1H4. The molecule has 2 aliphatic heterocycles. The molecule has 4 saturated carbocycles. The monoisotopic (exact) mass is 1230 g/mol. The summed E-state index contributed by atoms with van der Waals surface area (Å²) in [5, 5.41) is 0. The Morgan fingerprint density at radius 1 is 0.300 bits per heavy atom. The SMILES string of the molecule is C.C1CCOC1.C1CCOC1.C=C1C(C)=C(C)c2c(C)c(C)c(C)c(C)c21.CC1=C(C)C2C(C)C(C)C(C)C2C(C)=C1C.CC1=C(C)C2C(C)C(C)C(C)C2C(C)=C1C.CC1=CC2C(CCC3C(C)C(C)C4C(C)=C(C)C(C)=C(C)C34)C(C)C(C)C2C(C)=C1C. The fourth-order valence-electron chi connectivity index (χ4n) is 21.0. The smallest absolute Gasteiger partial charge is 0.0466 e. The zero-order valence-electron chi connectivity index (χ0n) is 63.7. The van der Waals surface area contributed by atoms with Crippen molar-refractivity contribution in [2.24, 2.45) is 118 Å². The summed E-state index contributed by atoms with van der Waals surface area (Å²) in [6.45, 7) is 81.9. The molecule has 2 heteroatoms. The van der Waals surface area contributed by atoms with E-state index in [9.17, 15) is 0 Å². The van der Waals surface area contributed by atoms with E-state index in [-0.39, 0.29) is 7.43 Å². The lowest BCUT2D eigenvalue weighted by atomic mass is 9.69. The minimum Gasteiger partial charge on any atom is -0.381 e. The Bertz CT molecular complexity index is 2940. The van der Waals surface area contributed by atoms with E-state index in [1.165, 1.54) is 88.6 Å². The molecular weight excluding hydrogens is 1090 g/mol. The van der Waals surface area contributed by atoms with Crippen molar-refractivity contribution in [1.29, 1.82) is 0 Å². The van der Waals surface area contributed by atoms with Crippen molar-refractivity contribution in [3.05, 3.63) is 135 Å². The molecule has 2 saturated heterocycles. The number of allylic oxidation sites excluding steroid dienone is 19. The van der Waals surface area contributed by atoms with E-state index in [0.717, 1.165) is 145 Å². The average molecular weight is 1230 g/mol. The molecule has 1 aromatic rings. The maximum absolute atomic E-state index is 4.94. The molecule has 0 spiro atoms. The minimum absolute atomic E-state index is 0. The van der Waals surface area contributed by atoms with Crippen molar-refractivity contribution in [3.63, 3.8) is 0 Å². The van der Waals surface area contributed by atoms with Crippen molar-refractivity contribution in [2.75, 3.05) is 26.4 Å². The molecule has 11 aliphatic rings. The van der Waals surface area contributed by atoms with E-state index in [1.54, 1.807) is 83.6 Å². The van der Waals surface area contributed by atoms with E-state index in [4.69, 9.17) is 9.47 Å². The van der Waals surface area contributed by atoms with Gasteiger partial charge in [0.25, 0.3) is 0 Å². The lowest BCUT2D eigenvalue weighted by Gasteiger charge is -2.36. The number of rotatable bonds is 3. The zero-order valence-corrected chi connectivity index (χ0v) is 63.7. The summed E-state index contributed by atoms with van der Waals surface area (Å²) in [7, 11) is 0. The highest BCUT2D eigenvalue weighted by atomic mass is 16.5. The van der Waals surface area contributed by atoms with Crippen LogP contribution in [0.4, 0.5) is 0 Å². The fourth-order valence-corrected chi connectivity index (χ4v) is 21.0. The van der Waals surface area contributed by atoms with Gasteiger partial charge in [0.2, 0.25) is 0 Å². The van der Waals surface area contributed by atoms with Crippen molar-refractivity contribution in [3.8, 4) is 0 Å². The number of benzene rings is 1. The molecule has 9 aliphatic carbocycles. The molecule has 0 radical (unpaired) electrons. The van der Waals surface area contributed by atoms with Crippen LogP contribution in [0.15, 0.2) is 102 Å². The fraction of sp³-hybridized carbons (Fsp3) is 0.705. The quantitative estimate of drug-likeness (QED) is 0.300. The summed E-state index contributed by atoms with van der Waals surface area (Å²) in [4.78, 5) is 0. The van der Waals surface area contributed by atoms with Crippen LogP contribution in [0, 0.1) is 146 Å². The second-order valence-corrected chi connectivity index (χ2v) is 32.4. The van der Waals surface area contributed by atoms with Gasteiger partial charge >= 0.3 is 0 Å². The third-order valence-corrected chi connectivity index (χ3v) is 29.5. The van der Waals surface area contributed by atoms with Crippen LogP contribution in [-0.2, 0) is 9.47 Å². The number of ether oxygens (including phenoxy) is 2. The van der Waals surface area contributed by atoms with Crippen LogP contribution in [0.5, 0.6) is 0 Å². The molecule has 18 atom stereocenters. The first-order chi connectivity index (χ1) is 41.6. The molecular formula is C88H140O2. The van der Waals surface area contributed by atoms with Gasteiger partial charge in [-0.1, -0.05) is 134 Å². The van der Waals surface area contributed by atoms with E-state index >= 15 is 0 Å². The second kappa shape index (κ2) is 30.5. The lowest BCUT2D eigenvalue weighted by Crippen LogP contribution is -2.26. The average Bonchev–Trinajstić information content (AvgIpc) is 1.64. The topological polar surface area (TPSA) is 18.5 Å². The van der Waals surface area contributed by atoms with Crippen LogP contribution in [0.1, 0.15) is 266 Å². The Morgan fingerprint density at radius 2 is 0.578 bits per heavy atom. The highest BCUT2D eigenvalue weighted by Gasteiger charge is 2.53. The molecule has 18 unspecified atom stereocenters. The van der Waals surface area contributed by atoms with E-state index in [2.05, 4.69) is 227 Å². The van der Waals surface area contributed by atoms with Crippen LogP contribution in [-0.4, -0.2) is 26.4 Å². The molecule has 504 valence electrons. The van der Waals surface area contributed by atoms with E-state index < -0.39 is 0 Å². The number of fused-ring (bicyclic) bond motifs is 5. The van der Waals surface area contributed by atoms with Crippen molar-refractivity contribution >= 4 is 11.1 Å².